The lowest BCUT2D eigenvalue weighted by Crippen LogP contribution is -2.52. The van der Waals surface area contributed by atoms with Crippen LogP contribution in [-0.2, 0) is 0 Å². The van der Waals surface area contributed by atoms with E-state index in [2.05, 4.69) is 25.8 Å². The molecule has 0 saturated heterocycles. The Morgan fingerprint density at radius 3 is 2.18 bits per heavy atom. The maximum atomic E-state index is 6.30. The van der Waals surface area contributed by atoms with E-state index in [9.17, 15) is 0 Å². The van der Waals surface area contributed by atoms with Gasteiger partial charge in [-0.2, -0.15) is 0 Å². The van der Waals surface area contributed by atoms with Gasteiger partial charge in [-0.25, -0.2) is 0 Å². The average Bonchev–Trinajstić information content (AvgIpc) is 2.29. The third-order valence-corrected chi connectivity index (χ3v) is 5.19. The van der Waals surface area contributed by atoms with E-state index in [0.717, 1.165) is 6.04 Å². The number of nitrogens with two attached hydrogens (primary N) is 1. The van der Waals surface area contributed by atoms with Gasteiger partial charge in [-0.3, -0.25) is 4.90 Å². The number of hydrogen-bond donors (Lipinski definition) is 1. The van der Waals surface area contributed by atoms with Gasteiger partial charge in [0.25, 0.3) is 0 Å². The van der Waals surface area contributed by atoms with E-state index in [-0.39, 0.29) is 0 Å². The van der Waals surface area contributed by atoms with E-state index in [0.29, 0.717) is 17.5 Å². The highest BCUT2D eigenvalue weighted by Gasteiger charge is 2.33. The lowest BCUT2D eigenvalue weighted by molar-refractivity contribution is 0.0690. The number of likely N-dealkylation sites (N-methyl/N-ethyl adjacent to an activating group) is 1. The van der Waals surface area contributed by atoms with Crippen molar-refractivity contribution in [3.05, 3.63) is 0 Å². The van der Waals surface area contributed by atoms with Crippen molar-refractivity contribution in [2.24, 2.45) is 11.1 Å². The molecule has 0 aliphatic heterocycles. The summed E-state index contributed by atoms with van der Waals surface area (Å²) in [5.41, 5.74) is 6.87. The Hall–Kier alpha value is -0.0800. The second kappa shape index (κ2) is 5.27. The van der Waals surface area contributed by atoms with Crippen LogP contribution < -0.4 is 5.73 Å². The third kappa shape index (κ3) is 3.23. The van der Waals surface area contributed by atoms with E-state index in [4.69, 9.17) is 5.73 Å². The summed E-state index contributed by atoms with van der Waals surface area (Å²) in [7, 11) is 2.32. The number of hydrogen-bond acceptors (Lipinski definition) is 2. The summed E-state index contributed by atoms with van der Waals surface area (Å²) in [6.45, 7) is 4.82. The highest BCUT2D eigenvalue weighted by Crippen LogP contribution is 2.38. The molecule has 2 saturated carbocycles. The zero-order valence-electron chi connectivity index (χ0n) is 11.9. The Morgan fingerprint density at radius 1 is 1.00 bits per heavy atom. The van der Waals surface area contributed by atoms with E-state index < -0.39 is 0 Å². The molecular weight excluding hydrogens is 208 g/mol. The Labute approximate surface area is 107 Å². The highest BCUT2D eigenvalue weighted by atomic mass is 15.2. The maximum Gasteiger partial charge on any atom is 0.0247 e. The van der Waals surface area contributed by atoms with Crippen LogP contribution in [0.3, 0.4) is 0 Å². The Balaban J connectivity index is 1.89. The van der Waals surface area contributed by atoms with Crippen LogP contribution in [0.2, 0.25) is 0 Å². The van der Waals surface area contributed by atoms with Crippen molar-refractivity contribution < 1.29 is 0 Å². The average molecular weight is 238 g/mol. The largest absolute Gasteiger partial charge is 0.326 e. The first-order valence-electron chi connectivity index (χ1n) is 7.47. The molecule has 0 aromatic rings. The summed E-state index contributed by atoms with van der Waals surface area (Å²) in [5, 5.41) is 0. The van der Waals surface area contributed by atoms with Crippen LogP contribution in [0, 0.1) is 5.41 Å². The van der Waals surface area contributed by atoms with Crippen LogP contribution in [0.25, 0.3) is 0 Å². The zero-order valence-corrected chi connectivity index (χ0v) is 11.9. The molecule has 0 radical (unpaired) electrons. The smallest absolute Gasteiger partial charge is 0.0247 e. The maximum absolute atomic E-state index is 6.30. The van der Waals surface area contributed by atoms with Gasteiger partial charge in [0.05, 0.1) is 0 Å². The monoisotopic (exact) mass is 238 g/mol. The first-order valence-corrected chi connectivity index (χ1v) is 7.47. The normalized spacial score (nSPS) is 35.1. The molecule has 2 N–H and O–H groups in total. The molecule has 2 aliphatic rings. The molecule has 2 atom stereocenters. The van der Waals surface area contributed by atoms with E-state index in [1.807, 2.05) is 0 Å². The molecule has 17 heavy (non-hydrogen) atoms. The van der Waals surface area contributed by atoms with Crippen molar-refractivity contribution in [3.63, 3.8) is 0 Å². The van der Waals surface area contributed by atoms with Crippen molar-refractivity contribution in [3.8, 4) is 0 Å². The van der Waals surface area contributed by atoms with E-state index in [1.54, 1.807) is 0 Å². The second-order valence-electron chi connectivity index (χ2n) is 7.08. The molecule has 2 fully saturated rings. The highest BCUT2D eigenvalue weighted by molar-refractivity contribution is 4.90. The fourth-order valence-electron chi connectivity index (χ4n) is 3.71. The minimum absolute atomic E-state index is 0.420. The summed E-state index contributed by atoms with van der Waals surface area (Å²) in [5.74, 6) is 0. The minimum Gasteiger partial charge on any atom is -0.326 e. The summed E-state index contributed by atoms with van der Waals surface area (Å²) in [4.78, 5) is 2.62. The molecule has 0 spiro atoms. The number of nitrogens with zero attached hydrogens (tertiary/aromatic N) is 1. The number of rotatable bonds is 2. The zero-order chi connectivity index (χ0) is 12.5. The second-order valence-corrected chi connectivity index (χ2v) is 7.08. The molecule has 2 unspecified atom stereocenters. The first kappa shape index (κ1) is 13.4. The quantitative estimate of drug-likeness (QED) is 0.800. The van der Waals surface area contributed by atoms with Crippen molar-refractivity contribution in [1.29, 1.82) is 0 Å². The molecule has 0 aromatic heterocycles. The van der Waals surface area contributed by atoms with Crippen molar-refractivity contribution in [1.82, 2.24) is 4.90 Å². The summed E-state index contributed by atoms with van der Waals surface area (Å²) >= 11 is 0. The Bertz CT molecular complexity index is 239. The van der Waals surface area contributed by atoms with Crippen LogP contribution in [0.15, 0.2) is 0 Å². The molecule has 0 bridgehead atoms. The molecule has 2 nitrogen and oxygen atoms in total. The van der Waals surface area contributed by atoms with Crippen LogP contribution in [0.1, 0.15) is 65.2 Å². The van der Waals surface area contributed by atoms with Gasteiger partial charge in [-0.05, 0) is 51.0 Å². The fraction of sp³-hybridized carbons (Fsp3) is 1.00. The van der Waals surface area contributed by atoms with Crippen LogP contribution in [-0.4, -0.2) is 30.1 Å². The van der Waals surface area contributed by atoms with Crippen molar-refractivity contribution >= 4 is 0 Å². The molecule has 100 valence electrons. The summed E-state index contributed by atoms with van der Waals surface area (Å²) < 4.78 is 0. The topological polar surface area (TPSA) is 29.3 Å². The van der Waals surface area contributed by atoms with E-state index >= 15 is 0 Å². The molecule has 2 aliphatic carbocycles. The van der Waals surface area contributed by atoms with Gasteiger partial charge in [0, 0.05) is 18.1 Å². The molecule has 2 heteroatoms. The van der Waals surface area contributed by atoms with Crippen LogP contribution in [0.5, 0.6) is 0 Å². The summed E-state index contributed by atoms with van der Waals surface area (Å²) in [6, 6.07) is 1.86. The SMILES string of the molecule is CN(C1CCC(C)(C)CC1)C1CCCCC1N. The van der Waals surface area contributed by atoms with Gasteiger partial charge < -0.3 is 5.73 Å². The first-order chi connectivity index (χ1) is 7.99. The molecule has 0 aromatic carbocycles. The predicted molar refractivity (Wildman–Crippen MR) is 74.0 cm³/mol. The lowest BCUT2D eigenvalue weighted by atomic mass is 9.74. The predicted octanol–water partition coefficient (Wildman–Crippen LogP) is 3.16. The minimum atomic E-state index is 0.420. The molecule has 0 amide bonds. The van der Waals surface area contributed by atoms with Crippen LogP contribution in [0.4, 0.5) is 0 Å². The van der Waals surface area contributed by atoms with Gasteiger partial charge in [0.15, 0.2) is 0 Å². The van der Waals surface area contributed by atoms with Gasteiger partial charge in [-0.1, -0.05) is 26.7 Å². The van der Waals surface area contributed by atoms with Gasteiger partial charge in [-0.15, -0.1) is 0 Å². The Kier molecular flexibility index (Phi) is 4.14. The van der Waals surface area contributed by atoms with Gasteiger partial charge in [0.1, 0.15) is 0 Å². The molecular formula is C15H30N2. The van der Waals surface area contributed by atoms with Crippen molar-refractivity contribution in [2.45, 2.75) is 83.3 Å². The van der Waals surface area contributed by atoms with Crippen molar-refractivity contribution in [2.75, 3.05) is 7.05 Å². The summed E-state index contributed by atoms with van der Waals surface area (Å²) in [6.07, 6.45) is 10.8. The lowest BCUT2D eigenvalue weighted by Gasteiger charge is -2.44. The molecule has 2 rings (SSSR count). The fourth-order valence-corrected chi connectivity index (χ4v) is 3.71. The van der Waals surface area contributed by atoms with E-state index in [1.165, 1.54) is 51.4 Å². The van der Waals surface area contributed by atoms with Gasteiger partial charge >= 0.3 is 0 Å². The standard InChI is InChI=1S/C15H30N2/c1-15(2)10-8-12(9-11-15)17(3)14-7-5-4-6-13(14)16/h12-14H,4-11,16H2,1-3H3. The van der Waals surface area contributed by atoms with Gasteiger partial charge in [0.2, 0.25) is 0 Å². The van der Waals surface area contributed by atoms with Crippen LogP contribution >= 0.6 is 0 Å². The third-order valence-electron chi connectivity index (χ3n) is 5.19. The molecule has 0 heterocycles. The Morgan fingerprint density at radius 2 is 1.59 bits per heavy atom.